The Morgan fingerprint density at radius 2 is 1.43 bits per heavy atom. The molecule has 0 unspecified atom stereocenters. The molecular formula is C33H39N5O2. The van der Waals surface area contributed by atoms with E-state index in [1.54, 1.807) is 14.2 Å². The minimum absolute atomic E-state index is 0.356. The molecule has 2 aliphatic heterocycles. The van der Waals surface area contributed by atoms with Gasteiger partial charge in [0.25, 0.3) is 0 Å². The summed E-state index contributed by atoms with van der Waals surface area (Å²) < 4.78 is 11.3. The molecule has 208 valence electrons. The lowest BCUT2D eigenvalue weighted by molar-refractivity contribution is 0.211. The first-order chi connectivity index (χ1) is 19.7. The monoisotopic (exact) mass is 537 g/mol. The van der Waals surface area contributed by atoms with E-state index in [0.29, 0.717) is 23.5 Å². The first kappa shape index (κ1) is 26.4. The van der Waals surface area contributed by atoms with E-state index in [2.05, 4.69) is 75.8 Å². The minimum atomic E-state index is 0.356. The fourth-order valence-electron chi connectivity index (χ4n) is 6.10. The summed E-state index contributed by atoms with van der Waals surface area (Å²) >= 11 is 0. The van der Waals surface area contributed by atoms with Crippen LogP contribution >= 0.6 is 0 Å². The van der Waals surface area contributed by atoms with Gasteiger partial charge in [0.2, 0.25) is 5.95 Å². The Morgan fingerprint density at radius 1 is 0.775 bits per heavy atom. The largest absolute Gasteiger partial charge is 0.493 e. The zero-order valence-corrected chi connectivity index (χ0v) is 23.6. The van der Waals surface area contributed by atoms with E-state index in [1.165, 1.54) is 11.1 Å². The highest BCUT2D eigenvalue weighted by Crippen LogP contribution is 2.37. The maximum Gasteiger partial charge on any atom is 0.227 e. The number of fused-ring (bicyclic) bond motifs is 1. The van der Waals surface area contributed by atoms with Crippen molar-refractivity contribution in [1.29, 1.82) is 0 Å². The first-order valence-corrected chi connectivity index (χ1v) is 14.5. The van der Waals surface area contributed by atoms with E-state index in [-0.39, 0.29) is 0 Å². The first-order valence-electron chi connectivity index (χ1n) is 14.5. The van der Waals surface area contributed by atoms with Crippen LogP contribution in [0.1, 0.15) is 42.7 Å². The number of likely N-dealkylation sites (tertiary alicyclic amines) is 1. The summed E-state index contributed by atoms with van der Waals surface area (Å²) in [6.07, 6.45) is 4.34. The van der Waals surface area contributed by atoms with E-state index in [9.17, 15) is 0 Å². The van der Waals surface area contributed by atoms with E-state index in [0.717, 1.165) is 81.1 Å². The molecule has 7 nitrogen and oxygen atoms in total. The van der Waals surface area contributed by atoms with Crippen LogP contribution in [0.15, 0.2) is 72.8 Å². The molecule has 0 radical (unpaired) electrons. The summed E-state index contributed by atoms with van der Waals surface area (Å²) in [6, 6.07) is 25.9. The summed E-state index contributed by atoms with van der Waals surface area (Å²) in [5.74, 6) is 3.63. The second-order valence-electron chi connectivity index (χ2n) is 10.9. The van der Waals surface area contributed by atoms with Crippen molar-refractivity contribution in [3.8, 4) is 11.5 Å². The molecular weight excluding hydrogens is 498 g/mol. The number of aromatic nitrogens is 2. The molecule has 40 heavy (non-hydrogen) atoms. The number of methoxy groups -OCH3 is 2. The highest BCUT2D eigenvalue weighted by molar-refractivity contribution is 5.93. The topological polar surface area (TPSA) is 62.8 Å². The Balaban J connectivity index is 1.21. The lowest BCUT2D eigenvalue weighted by Gasteiger charge is -2.34. The fraction of sp³-hybridized carbons (Fsp3) is 0.394. The highest BCUT2D eigenvalue weighted by Gasteiger charge is 2.25. The van der Waals surface area contributed by atoms with Gasteiger partial charge in [0.15, 0.2) is 11.5 Å². The molecule has 6 rings (SSSR count). The molecule has 2 aliphatic rings. The molecule has 0 saturated carbocycles. The van der Waals surface area contributed by atoms with Crippen LogP contribution in [0, 0.1) is 0 Å². The quantitative estimate of drug-likeness (QED) is 0.291. The fourth-order valence-corrected chi connectivity index (χ4v) is 6.10. The van der Waals surface area contributed by atoms with Gasteiger partial charge in [0.1, 0.15) is 5.82 Å². The third kappa shape index (κ3) is 5.85. The van der Waals surface area contributed by atoms with Crippen LogP contribution < -0.4 is 19.7 Å². The van der Waals surface area contributed by atoms with Gasteiger partial charge in [0.05, 0.1) is 19.7 Å². The molecule has 0 bridgehead atoms. The summed E-state index contributed by atoms with van der Waals surface area (Å²) in [6.45, 7) is 5.01. The van der Waals surface area contributed by atoms with Crippen molar-refractivity contribution in [2.24, 2.45) is 0 Å². The molecule has 0 spiro atoms. The molecule has 0 aliphatic carbocycles. The van der Waals surface area contributed by atoms with Gasteiger partial charge in [-0.1, -0.05) is 60.7 Å². The third-order valence-electron chi connectivity index (χ3n) is 8.42. The predicted molar refractivity (Wildman–Crippen MR) is 162 cm³/mol. The van der Waals surface area contributed by atoms with Crippen molar-refractivity contribution in [3.63, 3.8) is 0 Å². The van der Waals surface area contributed by atoms with Crippen LogP contribution in [0.2, 0.25) is 0 Å². The minimum Gasteiger partial charge on any atom is -0.493 e. The molecule has 1 N–H and O–H groups in total. The number of nitrogens with zero attached hydrogens (tertiary/aromatic N) is 4. The lowest BCUT2D eigenvalue weighted by Crippen LogP contribution is -2.39. The van der Waals surface area contributed by atoms with Crippen LogP contribution in [-0.4, -0.2) is 61.3 Å². The SMILES string of the molecule is COc1cc2nc(N3CCC(c4ccccc4)CC3)nc(NC3CCN(Cc4ccccc4)CC3)c2cc1OC. The molecule has 4 aromatic rings. The van der Waals surface area contributed by atoms with Crippen LogP contribution in [-0.2, 0) is 6.54 Å². The average molecular weight is 538 g/mol. The Hall–Kier alpha value is -3.84. The van der Waals surface area contributed by atoms with Crippen LogP contribution in [0.3, 0.4) is 0 Å². The predicted octanol–water partition coefficient (Wildman–Crippen LogP) is 6.11. The smallest absolute Gasteiger partial charge is 0.227 e. The molecule has 1 aromatic heterocycles. The van der Waals surface area contributed by atoms with Gasteiger partial charge in [-0.05, 0) is 48.8 Å². The Labute approximate surface area is 237 Å². The number of anilines is 2. The van der Waals surface area contributed by atoms with Crippen LogP contribution in [0.25, 0.3) is 10.9 Å². The Kier molecular flexibility index (Phi) is 8.00. The molecule has 0 atom stereocenters. The second kappa shape index (κ2) is 12.1. The van der Waals surface area contributed by atoms with E-state index in [1.807, 2.05) is 12.1 Å². The Bertz CT molecular complexity index is 1400. The molecule has 2 saturated heterocycles. The summed E-state index contributed by atoms with van der Waals surface area (Å²) in [4.78, 5) is 15.0. The molecule has 7 heteroatoms. The number of rotatable bonds is 8. The number of piperidine rings is 2. The molecule has 3 heterocycles. The van der Waals surface area contributed by atoms with Crippen LogP contribution in [0.4, 0.5) is 11.8 Å². The third-order valence-corrected chi connectivity index (χ3v) is 8.42. The second-order valence-corrected chi connectivity index (χ2v) is 10.9. The maximum absolute atomic E-state index is 5.63. The summed E-state index contributed by atoms with van der Waals surface area (Å²) in [5, 5.41) is 4.78. The normalized spacial score (nSPS) is 17.2. The van der Waals surface area contributed by atoms with Gasteiger partial charge in [-0.25, -0.2) is 4.98 Å². The van der Waals surface area contributed by atoms with Crippen molar-refractivity contribution in [2.75, 3.05) is 50.6 Å². The van der Waals surface area contributed by atoms with Crippen LogP contribution in [0.5, 0.6) is 11.5 Å². The number of hydrogen-bond donors (Lipinski definition) is 1. The van der Waals surface area contributed by atoms with Crippen molar-refractivity contribution in [1.82, 2.24) is 14.9 Å². The van der Waals surface area contributed by atoms with Gasteiger partial charge < -0.3 is 19.7 Å². The van der Waals surface area contributed by atoms with Crippen molar-refractivity contribution >= 4 is 22.7 Å². The number of ether oxygens (including phenoxy) is 2. The highest BCUT2D eigenvalue weighted by atomic mass is 16.5. The van der Waals surface area contributed by atoms with E-state index < -0.39 is 0 Å². The number of hydrogen-bond acceptors (Lipinski definition) is 7. The maximum atomic E-state index is 5.63. The average Bonchev–Trinajstić information content (AvgIpc) is 3.02. The summed E-state index contributed by atoms with van der Waals surface area (Å²) in [7, 11) is 3.34. The standard InChI is InChI=1S/C33H39N5O2/c1-39-30-21-28-29(22-31(30)40-2)35-33(38-19-13-26(14-20-38)25-11-7-4-8-12-25)36-32(28)34-27-15-17-37(18-16-27)23-24-9-5-3-6-10-24/h3-12,21-22,26-27H,13-20,23H2,1-2H3,(H,34,35,36). The van der Waals surface area contributed by atoms with Gasteiger partial charge in [0, 0.05) is 50.2 Å². The zero-order valence-electron chi connectivity index (χ0n) is 23.6. The van der Waals surface area contributed by atoms with E-state index in [4.69, 9.17) is 19.4 Å². The zero-order chi connectivity index (χ0) is 27.3. The molecule has 2 fully saturated rings. The van der Waals surface area contributed by atoms with Gasteiger partial charge in [-0.3, -0.25) is 4.90 Å². The number of nitrogens with one attached hydrogen (secondary N) is 1. The molecule has 3 aromatic carbocycles. The Morgan fingerprint density at radius 3 is 2.10 bits per heavy atom. The van der Waals surface area contributed by atoms with E-state index >= 15 is 0 Å². The van der Waals surface area contributed by atoms with Crippen molar-refractivity contribution in [3.05, 3.63) is 83.9 Å². The van der Waals surface area contributed by atoms with Gasteiger partial charge in [-0.2, -0.15) is 4.98 Å². The van der Waals surface area contributed by atoms with Gasteiger partial charge in [-0.15, -0.1) is 0 Å². The number of benzene rings is 3. The molecule has 0 amide bonds. The van der Waals surface area contributed by atoms with Gasteiger partial charge >= 0.3 is 0 Å². The summed E-state index contributed by atoms with van der Waals surface area (Å²) in [5.41, 5.74) is 3.67. The lowest BCUT2D eigenvalue weighted by atomic mass is 9.90. The van der Waals surface area contributed by atoms with Crippen molar-refractivity contribution < 1.29 is 9.47 Å². The van der Waals surface area contributed by atoms with Crippen molar-refractivity contribution in [2.45, 2.75) is 44.2 Å².